The van der Waals surface area contributed by atoms with E-state index in [-0.39, 0.29) is 53.8 Å². The maximum absolute atomic E-state index is 14.5. The van der Waals surface area contributed by atoms with Crippen molar-refractivity contribution in [2.75, 3.05) is 27.5 Å². The first-order chi connectivity index (χ1) is 23.3. The minimum Gasteiger partial charge on any atom is -0.504 e. The van der Waals surface area contributed by atoms with Crippen molar-refractivity contribution in [2.24, 2.45) is 0 Å². The minimum atomic E-state index is -6.76. The van der Waals surface area contributed by atoms with Gasteiger partial charge in [-0.25, -0.2) is 0 Å². The first-order valence-corrected chi connectivity index (χ1v) is 15.3. The van der Waals surface area contributed by atoms with E-state index in [0.29, 0.717) is 16.7 Å². The molecule has 4 heterocycles. The van der Waals surface area contributed by atoms with Gasteiger partial charge in [-0.15, -0.1) is 0 Å². The Morgan fingerprint density at radius 3 is 2.40 bits per heavy atom. The van der Waals surface area contributed by atoms with E-state index in [4.69, 9.17) is 18.9 Å². The number of nitriles is 1. The maximum atomic E-state index is 14.5. The standard InChI is InChI=1S/C32H33F7N4O7/c1-6-22(50-15(3)44)17-9-19-26-24-16(7-14(2)28(47-5)27(24)45)8-18(42(26)4)20(10-40)43(19)21(25(17)23-12-48-13-49-23)11-41-29(46)30(33,34)31(35,36)32(37,38)39/h6-7,12,18-21,26,45H,8-9,11,13H2,1-5H3,(H,41,46)/b22-6-/t18-,19?,20-,21-,26+/m0/s1. The van der Waals surface area contributed by atoms with Crippen molar-refractivity contribution in [1.29, 1.82) is 5.26 Å². The van der Waals surface area contributed by atoms with Gasteiger partial charge in [0.2, 0.25) is 6.79 Å². The van der Waals surface area contributed by atoms with Crippen LogP contribution in [-0.4, -0.2) is 96.5 Å². The summed E-state index contributed by atoms with van der Waals surface area (Å²) in [6.45, 7) is 2.98. The predicted octanol–water partition coefficient (Wildman–Crippen LogP) is 4.51. The van der Waals surface area contributed by atoms with Crippen LogP contribution in [0, 0.1) is 18.3 Å². The second-order valence-electron chi connectivity index (χ2n) is 12.2. The van der Waals surface area contributed by atoms with Gasteiger partial charge in [-0.3, -0.25) is 19.4 Å². The molecule has 272 valence electrons. The minimum absolute atomic E-state index is 0.0353. The quantitative estimate of drug-likeness (QED) is 0.225. The second-order valence-corrected chi connectivity index (χ2v) is 12.2. The number of methoxy groups -OCH3 is 1. The van der Waals surface area contributed by atoms with E-state index in [0.717, 1.165) is 13.2 Å². The third kappa shape index (κ3) is 5.69. The number of likely N-dealkylation sites (N-methyl/N-ethyl adjacent to an activating group) is 1. The Morgan fingerprint density at radius 2 is 1.86 bits per heavy atom. The van der Waals surface area contributed by atoms with Crippen molar-refractivity contribution in [3.05, 3.63) is 57.8 Å². The summed E-state index contributed by atoms with van der Waals surface area (Å²) in [5.41, 5.74) is 1.94. The maximum Gasteiger partial charge on any atom is 0.460 e. The Balaban J connectivity index is 1.73. The van der Waals surface area contributed by atoms with Gasteiger partial charge in [0.1, 0.15) is 18.1 Å². The van der Waals surface area contributed by atoms with Crippen LogP contribution in [0.3, 0.4) is 0 Å². The van der Waals surface area contributed by atoms with Gasteiger partial charge in [-0.1, -0.05) is 6.07 Å². The van der Waals surface area contributed by atoms with Crippen LogP contribution in [0.1, 0.15) is 43.0 Å². The first kappa shape index (κ1) is 36.8. The lowest BCUT2D eigenvalue weighted by molar-refractivity contribution is -0.344. The number of rotatable bonds is 8. The molecule has 0 saturated carbocycles. The molecule has 1 fully saturated rings. The fourth-order valence-corrected chi connectivity index (χ4v) is 7.44. The van der Waals surface area contributed by atoms with Crippen LogP contribution in [0.15, 0.2) is 41.1 Å². The van der Waals surface area contributed by atoms with Gasteiger partial charge in [0, 0.05) is 42.3 Å². The molecule has 2 bridgehead atoms. The molecule has 0 aliphatic carbocycles. The van der Waals surface area contributed by atoms with Crippen molar-refractivity contribution < 1.29 is 64.4 Å². The monoisotopic (exact) mass is 718 g/mol. The molecule has 18 heteroatoms. The molecule has 1 amide bonds. The number of piperazine rings is 1. The van der Waals surface area contributed by atoms with Crippen LogP contribution in [0.2, 0.25) is 0 Å². The number of halogens is 7. The van der Waals surface area contributed by atoms with Crippen molar-refractivity contribution in [2.45, 2.75) is 81.8 Å². The number of fused-ring (bicyclic) bond motifs is 6. The van der Waals surface area contributed by atoms with Crippen molar-refractivity contribution in [1.82, 2.24) is 15.1 Å². The topological polar surface area (TPSA) is 134 Å². The van der Waals surface area contributed by atoms with Gasteiger partial charge >= 0.3 is 24.0 Å². The van der Waals surface area contributed by atoms with Crippen LogP contribution in [0.25, 0.3) is 0 Å². The highest BCUT2D eigenvalue weighted by Crippen LogP contribution is 2.54. The third-order valence-corrected chi connectivity index (χ3v) is 9.50. The number of esters is 1. The predicted molar refractivity (Wildman–Crippen MR) is 157 cm³/mol. The Bertz CT molecular complexity index is 1720. The average molecular weight is 719 g/mol. The fraction of sp³-hybridized carbons (Fsp3) is 0.531. The Labute approximate surface area is 281 Å². The molecule has 0 spiro atoms. The summed E-state index contributed by atoms with van der Waals surface area (Å²) in [6, 6.07) is -0.844. The van der Waals surface area contributed by atoms with Crippen LogP contribution in [-0.2, 0) is 30.2 Å². The zero-order chi connectivity index (χ0) is 37.1. The number of hydrogen-bond donors (Lipinski definition) is 2. The second kappa shape index (κ2) is 13.0. The molecule has 5 atom stereocenters. The molecule has 1 unspecified atom stereocenters. The molecule has 1 saturated heterocycles. The molecule has 2 N–H and O–H groups in total. The number of carbonyl (C=O) groups excluding carboxylic acids is 2. The first-order valence-electron chi connectivity index (χ1n) is 15.3. The van der Waals surface area contributed by atoms with E-state index < -0.39 is 66.7 Å². The molecular formula is C32H33F7N4O7. The summed E-state index contributed by atoms with van der Waals surface area (Å²) >= 11 is 0. The van der Waals surface area contributed by atoms with Gasteiger partial charge in [-0.05, 0) is 50.9 Å². The fourth-order valence-electron chi connectivity index (χ4n) is 7.44. The highest BCUT2D eigenvalue weighted by atomic mass is 19.4. The van der Waals surface area contributed by atoms with Gasteiger partial charge in [0.25, 0.3) is 5.91 Å². The molecule has 0 aromatic heterocycles. The molecule has 5 rings (SSSR count). The molecule has 4 aliphatic heterocycles. The number of aryl methyl sites for hydroxylation is 1. The van der Waals surface area contributed by atoms with Crippen LogP contribution in [0.5, 0.6) is 11.5 Å². The number of benzene rings is 1. The van der Waals surface area contributed by atoms with E-state index in [1.165, 1.54) is 25.0 Å². The SMILES string of the molecule is C/C=C(\OC(C)=O)C1=C(C2=COCO2)[C@H](CNC(=O)C(F)(F)C(F)(F)C(F)(F)F)N2C(C1)[C@@H]1c3c(cc(C)c(OC)c3O)C[C@@H]([C@@H]2C#N)N1C. The molecule has 1 aromatic carbocycles. The largest absolute Gasteiger partial charge is 0.504 e. The summed E-state index contributed by atoms with van der Waals surface area (Å²) in [5.74, 6) is -16.8. The molecule has 11 nitrogen and oxygen atoms in total. The number of nitrogens with one attached hydrogen (secondary N) is 1. The van der Waals surface area contributed by atoms with E-state index in [1.54, 1.807) is 25.4 Å². The van der Waals surface area contributed by atoms with Crippen molar-refractivity contribution in [3.8, 4) is 17.6 Å². The highest BCUT2D eigenvalue weighted by Gasteiger charge is 2.76. The zero-order valence-electron chi connectivity index (χ0n) is 27.3. The number of allylic oxidation sites excluding steroid dienone is 2. The van der Waals surface area contributed by atoms with Crippen molar-refractivity contribution >= 4 is 11.9 Å². The molecular weight excluding hydrogens is 685 g/mol. The van der Waals surface area contributed by atoms with Crippen LogP contribution < -0.4 is 10.1 Å². The van der Waals surface area contributed by atoms with Crippen LogP contribution >= 0.6 is 0 Å². The third-order valence-electron chi connectivity index (χ3n) is 9.50. The Hall–Kier alpha value is -4.50. The number of carbonyl (C=O) groups is 2. The van der Waals surface area contributed by atoms with E-state index >= 15 is 0 Å². The molecule has 1 aromatic rings. The van der Waals surface area contributed by atoms with E-state index in [2.05, 4.69) is 6.07 Å². The lowest BCUT2D eigenvalue weighted by atomic mass is 9.71. The highest BCUT2D eigenvalue weighted by molar-refractivity contribution is 5.85. The summed E-state index contributed by atoms with van der Waals surface area (Å²) in [4.78, 5) is 28.2. The number of aromatic hydroxyl groups is 1. The van der Waals surface area contributed by atoms with E-state index in [1.807, 2.05) is 4.90 Å². The van der Waals surface area contributed by atoms with E-state index in [9.17, 15) is 50.7 Å². The molecule has 50 heavy (non-hydrogen) atoms. The number of phenols is 1. The molecule has 0 radical (unpaired) electrons. The average Bonchev–Trinajstić information content (AvgIpc) is 3.57. The normalized spacial score (nSPS) is 25.8. The summed E-state index contributed by atoms with van der Waals surface area (Å²) in [5, 5.41) is 23.7. The number of ether oxygens (including phenoxy) is 4. The zero-order valence-corrected chi connectivity index (χ0v) is 27.3. The summed E-state index contributed by atoms with van der Waals surface area (Å²) in [7, 11) is 3.07. The number of phenolic OH excluding ortho intramolecular Hbond substituents is 1. The number of nitrogens with zero attached hydrogens (tertiary/aromatic N) is 3. The van der Waals surface area contributed by atoms with Crippen LogP contribution in [0.4, 0.5) is 30.7 Å². The lowest BCUT2D eigenvalue weighted by Gasteiger charge is -2.60. The number of hydrogen-bond acceptors (Lipinski definition) is 10. The Morgan fingerprint density at radius 1 is 1.18 bits per heavy atom. The number of amides is 1. The van der Waals surface area contributed by atoms with Crippen molar-refractivity contribution in [3.63, 3.8) is 0 Å². The van der Waals surface area contributed by atoms with Gasteiger partial charge < -0.3 is 29.4 Å². The lowest BCUT2D eigenvalue weighted by Crippen LogP contribution is -2.71. The van der Waals surface area contributed by atoms with Gasteiger partial charge in [-0.2, -0.15) is 36.0 Å². The smallest absolute Gasteiger partial charge is 0.460 e. The number of alkyl halides is 7. The summed E-state index contributed by atoms with van der Waals surface area (Å²) < 4.78 is 118. The van der Waals surface area contributed by atoms with Gasteiger partial charge in [0.05, 0.1) is 25.3 Å². The molecule has 4 aliphatic rings. The summed E-state index contributed by atoms with van der Waals surface area (Å²) in [6.07, 6.45) is -4.09. The van der Waals surface area contributed by atoms with Gasteiger partial charge in [0.15, 0.2) is 17.3 Å². The Kier molecular flexibility index (Phi) is 9.56.